The molecule has 1 amide bonds. The summed E-state index contributed by atoms with van der Waals surface area (Å²) in [4.78, 5) is 19.3. The van der Waals surface area contributed by atoms with Gasteiger partial charge in [0.25, 0.3) is 5.91 Å². The van der Waals surface area contributed by atoms with Gasteiger partial charge in [-0.1, -0.05) is 17.8 Å². The van der Waals surface area contributed by atoms with E-state index in [1.807, 2.05) is 6.92 Å². The fraction of sp³-hybridized carbons (Fsp3) is 0.400. The zero-order valence-corrected chi connectivity index (χ0v) is 10.3. The third kappa shape index (κ3) is 2.88. The summed E-state index contributed by atoms with van der Waals surface area (Å²) in [5, 5.41) is 6.77. The number of aromatic amines is 1. The maximum absolute atomic E-state index is 11.9. The van der Waals surface area contributed by atoms with Crippen molar-refractivity contribution >= 4 is 17.4 Å². The first-order valence-corrected chi connectivity index (χ1v) is 6.15. The van der Waals surface area contributed by atoms with Crippen LogP contribution in [-0.4, -0.2) is 25.5 Å². The molecule has 2 heterocycles. The minimum atomic E-state index is -0.127. The fourth-order valence-corrected chi connectivity index (χ4v) is 2.04. The van der Waals surface area contributed by atoms with Crippen molar-refractivity contribution in [1.29, 1.82) is 0 Å². The Kier molecular flexibility index (Phi) is 3.81. The maximum Gasteiger partial charge on any atom is 0.265 e. The normalized spacial score (nSPS) is 10.4. The summed E-state index contributed by atoms with van der Waals surface area (Å²) >= 11 is 1.14. The van der Waals surface area contributed by atoms with Crippen LogP contribution in [0.4, 0.5) is 0 Å². The summed E-state index contributed by atoms with van der Waals surface area (Å²) in [6.07, 6.45) is 4.99. The first kappa shape index (κ1) is 11.7. The van der Waals surface area contributed by atoms with Crippen LogP contribution < -0.4 is 5.32 Å². The minimum Gasteiger partial charge on any atom is -0.347 e. The number of imidazole rings is 1. The summed E-state index contributed by atoms with van der Waals surface area (Å²) < 4.78 is 3.82. The topological polar surface area (TPSA) is 83.6 Å². The quantitative estimate of drug-likeness (QED) is 0.834. The zero-order chi connectivity index (χ0) is 12.1. The van der Waals surface area contributed by atoms with E-state index in [1.54, 1.807) is 12.5 Å². The highest BCUT2D eigenvalue weighted by atomic mass is 32.1. The average Bonchev–Trinajstić information content (AvgIpc) is 2.97. The lowest BCUT2D eigenvalue weighted by molar-refractivity contribution is 0.0953. The van der Waals surface area contributed by atoms with E-state index in [9.17, 15) is 4.79 Å². The lowest BCUT2D eigenvalue weighted by Gasteiger charge is -2.02. The lowest BCUT2D eigenvalue weighted by atomic mass is 10.2. The number of nitrogens with one attached hydrogen (secondary N) is 2. The molecule has 0 atom stereocenters. The van der Waals surface area contributed by atoms with Crippen LogP contribution in [0.3, 0.4) is 0 Å². The van der Waals surface area contributed by atoms with E-state index in [0.717, 1.165) is 35.8 Å². The number of nitrogens with zero attached hydrogens (tertiary/aromatic N) is 3. The summed E-state index contributed by atoms with van der Waals surface area (Å²) in [7, 11) is 0. The Bertz CT molecular complexity index is 479. The molecule has 0 bridgehead atoms. The van der Waals surface area contributed by atoms with E-state index in [2.05, 4.69) is 24.9 Å². The minimum absolute atomic E-state index is 0.127. The number of aromatic nitrogens is 4. The van der Waals surface area contributed by atoms with Crippen molar-refractivity contribution in [2.24, 2.45) is 0 Å². The number of amides is 1. The van der Waals surface area contributed by atoms with Gasteiger partial charge in [0.15, 0.2) is 0 Å². The van der Waals surface area contributed by atoms with Gasteiger partial charge in [0.2, 0.25) is 0 Å². The van der Waals surface area contributed by atoms with Gasteiger partial charge in [0, 0.05) is 6.20 Å². The van der Waals surface area contributed by atoms with E-state index < -0.39 is 0 Å². The van der Waals surface area contributed by atoms with Gasteiger partial charge in [-0.05, 0) is 18.0 Å². The Labute approximate surface area is 103 Å². The highest BCUT2D eigenvalue weighted by Gasteiger charge is 2.15. The second kappa shape index (κ2) is 5.53. The smallest absolute Gasteiger partial charge is 0.265 e. The van der Waals surface area contributed by atoms with E-state index in [0.29, 0.717) is 11.4 Å². The van der Waals surface area contributed by atoms with Crippen molar-refractivity contribution in [3.05, 3.63) is 28.8 Å². The molecule has 0 aromatic carbocycles. The molecule has 7 heteroatoms. The van der Waals surface area contributed by atoms with Gasteiger partial charge in [-0.3, -0.25) is 4.79 Å². The fourth-order valence-electron chi connectivity index (χ4n) is 1.42. The number of H-pyrrole nitrogens is 1. The van der Waals surface area contributed by atoms with Crippen LogP contribution >= 0.6 is 11.5 Å². The zero-order valence-electron chi connectivity index (χ0n) is 9.43. The van der Waals surface area contributed by atoms with Crippen LogP contribution in [0.2, 0.25) is 0 Å². The molecular weight excluding hydrogens is 238 g/mol. The van der Waals surface area contributed by atoms with E-state index in [-0.39, 0.29) is 5.91 Å². The number of hydrogen-bond donors (Lipinski definition) is 2. The number of rotatable bonds is 5. The molecule has 0 radical (unpaired) electrons. The summed E-state index contributed by atoms with van der Waals surface area (Å²) in [6, 6.07) is 0. The first-order chi connectivity index (χ1) is 8.31. The monoisotopic (exact) mass is 251 g/mol. The predicted molar refractivity (Wildman–Crippen MR) is 63.7 cm³/mol. The van der Waals surface area contributed by atoms with E-state index in [1.165, 1.54) is 0 Å². The van der Waals surface area contributed by atoms with Crippen molar-refractivity contribution in [2.75, 3.05) is 0 Å². The van der Waals surface area contributed by atoms with E-state index >= 15 is 0 Å². The third-order valence-electron chi connectivity index (χ3n) is 2.24. The molecule has 0 saturated heterocycles. The molecule has 2 N–H and O–H groups in total. The molecule has 6 nitrogen and oxygen atoms in total. The third-order valence-corrected chi connectivity index (χ3v) is 3.01. The number of aryl methyl sites for hydroxylation is 1. The molecule has 0 saturated carbocycles. The Morgan fingerprint density at radius 1 is 1.59 bits per heavy atom. The molecular formula is C10H13N5OS. The first-order valence-electron chi connectivity index (χ1n) is 5.38. The Morgan fingerprint density at radius 2 is 2.47 bits per heavy atom. The average molecular weight is 251 g/mol. The highest BCUT2D eigenvalue weighted by molar-refractivity contribution is 7.08. The lowest BCUT2D eigenvalue weighted by Crippen LogP contribution is -2.23. The van der Waals surface area contributed by atoms with Gasteiger partial charge in [-0.15, -0.1) is 5.10 Å². The van der Waals surface area contributed by atoms with Crippen LogP contribution in [0.15, 0.2) is 12.5 Å². The number of carbonyl (C=O) groups excluding carboxylic acids is 1. The Balaban J connectivity index is 1.97. The van der Waals surface area contributed by atoms with Crippen molar-refractivity contribution in [3.63, 3.8) is 0 Å². The summed E-state index contributed by atoms with van der Waals surface area (Å²) in [5.41, 5.74) is 1.65. The van der Waals surface area contributed by atoms with E-state index in [4.69, 9.17) is 0 Å². The second-order valence-electron chi connectivity index (χ2n) is 3.56. The van der Waals surface area contributed by atoms with Crippen LogP contribution in [0.25, 0.3) is 0 Å². The van der Waals surface area contributed by atoms with Gasteiger partial charge in [0.1, 0.15) is 4.88 Å². The van der Waals surface area contributed by atoms with Crippen molar-refractivity contribution in [3.8, 4) is 0 Å². The molecule has 0 fully saturated rings. The molecule has 2 rings (SSSR count). The maximum atomic E-state index is 11.9. The summed E-state index contributed by atoms with van der Waals surface area (Å²) in [5.74, 6) is -0.127. The predicted octanol–water partition coefficient (Wildman–Crippen LogP) is 1.14. The van der Waals surface area contributed by atoms with Crippen molar-refractivity contribution in [2.45, 2.75) is 26.3 Å². The molecule has 0 aliphatic carbocycles. The van der Waals surface area contributed by atoms with Crippen LogP contribution in [0.1, 0.15) is 34.4 Å². The number of carbonyl (C=O) groups is 1. The van der Waals surface area contributed by atoms with Gasteiger partial charge >= 0.3 is 0 Å². The molecule has 0 spiro atoms. The van der Waals surface area contributed by atoms with Crippen molar-refractivity contribution in [1.82, 2.24) is 24.9 Å². The van der Waals surface area contributed by atoms with Gasteiger partial charge < -0.3 is 10.3 Å². The van der Waals surface area contributed by atoms with Crippen LogP contribution in [-0.2, 0) is 13.0 Å². The Morgan fingerprint density at radius 3 is 3.18 bits per heavy atom. The largest absolute Gasteiger partial charge is 0.347 e. The van der Waals surface area contributed by atoms with Crippen LogP contribution in [0, 0.1) is 0 Å². The molecule has 0 aliphatic rings. The van der Waals surface area contributed by atoms with Crippen molar-refractivity contribution < 1.29 is 4.79 Å². The van der Waals surface area contributed by atoms with Crippen LogP contribution in [0.5, 0.6) is 0 Å². The molecule has 2 aromatic rings. The Hall–Kier alpha value is -1.76. The molecule has 0 aliphatic heterocycles. The van der Waals surface area contributed by atoms with Gasteiger partial charge in [-0.2, -0.15) is 0 Å². The SMILES string of the molecule is CCCc1nnsc1C(=O)NCc1cnc[nH]1. The molecule has 0 unspecified atom stereocenters. The molecule has 17 heavy (non-hydrogen) atoms. The highest BCUT2D eigenvalue weighted by Crippen LogP contribution is 2.12. The number of hydrogen-bond acceptors (Lipinski definition) is 5. The van der Waals surface area contributed by atoms with Gasteiger partial charge in [0.05, 0.1) is 24.3 Å². The molecule has 90 valence electrons. The van der Waals surface area contributed by atoms with Gasteiger partial charge in [-0.25, -0.2) is 4.98 Å². The molecule has 2 aromatic heterocycles. The second-order valence-corrected chi connectivity index (χ2v) is 4.31. The summed E-state index contributed by atoms with van der Waals surface area (Å²) in [6.45, 7) is 2.48. The standard InChI is InChI=1S/C10H13N5OS/c1-2-3-8-9(17-15-14-8)10(16)12-5-7-4-11-6-13-7/h4,6H,2-3,5H2,1H3,(H,11,13)(H,12,16).